The van der Waals surface area contributed by atoms with Crippen molar-refractivity contribution in [3.05, 3.63) is 81.9 Å². The number of amides is 1. The van der Waals surface area contributed by atoms with E-state index in [1.807, 2.05) is 24.6 Å². The van der Waals surface area contributed by atoms with E-state index in [4.69, 9.17) is 5.10 Å². The highest BCUT2D eigenvalue weighted by molar-refractivity contribution is 6.32. The van der Waals surface area contributed by atoms with Gasteiger partial charge in [0.25, 0.3) is 5.91 Å². The van der Waals surface area contributed by atoms with Crippen molar-refractivity contribution in [2.24, 2.45) is 5.10 Å². The zero-order chi connectivity index (χ0) is 21.6. The van der Waals surface area contributed by atoms with Crippen molar-refractivity contribution in [2.45, 2.75) is 34.6 Å². The van der Waals surface area contributed by atoms with Crippen molar-refractivity contribution in [3.8, 4) is 5.69 Å². The first kappa shape index (κ1) is 19.8. The van der Waals surface area contributed by atoms with E-state index in [-0.39, 0.29) is 11.7 Å². The Balaban J connectivity index is 1.73. The summed E-state index contributed by atoms with van der Waals surface area (Å²) in [6.45, 7) is 9.86. The Hall–Kier alpha value is -3.54. The molecule has 0 saturated carbocycles. The minimum atomic E-state index is -0.355. The molecule has 2 heterocycles. The molecule has 0 atom stereocenters. The molecular weight excluding hydrogens is 379 g/mol. The van der Waals surface area contributed by atoms with E-state index in [2.05, 4.69) is 37.1 Å². The van der Waals surface area contributed by atoms with Gasteiger partial charge in [0.2, 0.25) is 0 Å². The number of aryl methyl sites for hydroxylation is 3. The molecule has 5 nitrogen and oxygen atoms in total. The topological polar surface area (TPSA) is 50.5 Å². The monoisotopic (exact) mass is 402 g/mol. The Morgan fingerprint density at radius 2 is 1.67 bits per heavy atom. The van der Waals surface area contributed by atoms with Gasteiger partial charge in [-0.1, -0.05) is 17.7 Å². The van der Waals surface area contributed by atoms with Gasteiger partial charge in [0.1, 0.15) is 5.82 Å². The van der Waals surface area contributed by atoms with Crippen LogP contribution in [0.4, 0.5) is 10.1 Å². The van der Waals surface area contributed by atoms with Gasteiger partial charge in [-0.25, -0.2) is 9.07 Å². The van der Waals surface area contributed by atoms with Crippen LogP contribution in [0.25, 0.3) is 11.8 Å². The average Bonchev–Trinajstić information content (AvgIpc) is 3.13. The van der Waals surface area contributed by atoms with Crippen LogP contribution >= 0.6 is 0 Å². The first-order chi connectivity index (χ1) is 14.3. The van der Waals surface area contributed by atoms with Gasteiger partial charge >= 0.3 is 0 Å². The van der Waals surface area contributed by atoms with E-state index in [9.17, 15) is 9.18 Å². The molecule has 2 aromatic carbocycles. The van der Waals surface area contributed by atoms with Crippen molar-refractivity contribution in [1.29, 1.82) is 0 Å². The summed E-state index contributed by atoms with van der Waals surface area (Å²) in [7, 11) is 0. The maximum absolute atomic E-state index is 13.2. The number of hydrogen-bond donors (Lipinski definition) is 0. The van der Waals surface area contributed by atoms with Crippen molar-refractivity contribution in [2.75, 3.05) is 5.01 Å². The molecule has 0 N–H and O–H groups in total. The Morgan fingerprint density at radius 3 is 2.33 bits per heavy atom. The van der Waals surface area contributed by atoms with Crippen LogP contribution in [0, 0.1) is 33.5 Å². The number of benzene rings is 2. The number of hydrogen-bond acceptors (Lipinski definition) is 3. The second kappa shape index (κ2) is 7.37. The quantitative estimate of drug-likeness (QED) is 0.576. The predicted molar refractivity (Wildman–Crippen MR) is 117 cm³/mol. The van der Waals surface area contributed by atoms with Crippen LogP contribution in [0.2, 0.25) is 0 Å². The molecule has 3 aromatic rings. The summed E-state index contributed by atoms with van der Waals surface area (Å²) in [5.74, 6) is -0.593. The van der Waals surface area contributed by atoms with Crippen LogP contribution in [0.1, 0.15) is 35.0 Å². The number of halogens is 1. The van der Waals surface area contributed by atoms with Crippen molar-refractivity contribution in [3.63, 3.8) is 0 Å². The second-order valence-corrected chi connectivity index (χ2v) is 7.62. The summed E-state index contributed by atoms with van der Waals surface area (Å²) in [4.78, 5) is 13.0. The number of carbonyl (C=O) groups is 1. The highest BCUT2D eigenvalue weighted by Gasteiger charge is 2.29. The molecule has 152 valence electrons. The maximum Gasteiger partial charge on any atom is 0.280 e. The Labute approximate surface area is 175 Å². The molecule has 0 radical (unpaired) electrons. The molecule has 1 aliphatic heterocycles. The molecular formula is C24H23FN4O. The summed E-state index contributed by atoms with van der Waals surface area (Å²) in [6.07, 6.45) is 1.85. The Bertz CT molecular complexity index is 1220. The first-order valence-corrected chi connectivity index (χ1v) is 9.77. The molecule has 6 heteroatoms. The summed E-state index contributed by atoms with van der Waals surface area (Å²) < 4.78 is 15.2. The Morgan fingerprint density at radius 1 is 0.967 bits per heavy atom. The highest BCUT2D eigenvalue weighted by Crippen LogP contribution is 2.28. The minimum Gasteiger partial charge on any atom is -0.267 e. The SMILES string of the molecule is CC1=NN(c2ccc(F)cc2)C(=O)/C1=C\c1c(C)nn(-c2ccc(C)cc2C)c1C. The number of carbonyl (C=O) groups excluding carboxylic acids is 1. The smallest absolute Gasteiger partial charge is 0.267 e. The maximum atomic E-state index is 13.2. The number of aromatic nitrogens is 2. The van der Waals surface area contributed by atoms with E-state index >= 15 is 0 Å². The van der Waals surface area contributed by atoms with E-state index in [0.717, 1.165) is 28.2 Å². The Kier molecular flexibility index (Phi) is 4.86. The van der Waals surface area contributed by atoms with Crippen molar-refractivity contribution in [1.82, 2.24) is 9.78 Å². The number of hydrazone groups is 1. The largest absolute Gasteiger partial charge is 0.280 e. The van der Waals surface area contributed by atoms with E-state index < -0.39 is 0 Å². The summed E-state index contributed by atoms with van der Waals surface area (Å²) in [5, 5.41) is 10.4. The third kappa shape index (κ3) is 3.34. The lowest BCUT2D eigenvalue weighted by Gasteiger charge is -2.11. The molecule has 0 bridgehead atoms. The van der Waals surface area contributed by atoms with Crippen LogP contribution in [0.3, 0.4) is 0 Å². The summed E-state index contributed by atoms with van der Waals surface area (Å²) in [6, 6.07) is 12.0. The lowest BCUT2D eigenvalue weighted by atomic mass is 10.1. The van der Waals surface area contributed by atoms with Crippen LogP contribution < -0.4 is 5.01 Å². The van der Waals surface area contributed by atoms with Crippen LogP contribution in [-0.2, 0) is 4.79 Å². The molecule has 0 unspecified atom stereocenters. The highest BCUT2D eigenvalue weighted by atomic mass is 19.1. The molecule has 0 saturated heterocycles. The van der Waals surface area contributed by atoms with E-state index in [1.165, 1.54) is 22.7 Å². The third-order valence-electron chi connectivity index (χ3n) is 5.35. The predicted octanol–water partition coefficient (Wildman–Crippen LogP) is 5.05. The van der Waals surface area contributed by atoms with Gasteiger partial charge in [-0.2, -0.15) is 15.2 Å². The summed E-state index contributed by atoms with van der Waals surface area (Å²) in [5.41, 5.74) is 7.68. The molecule has 0 aliphatic carbocycles. The molecule has 30 heavy (non-hydrogen) atoms. The van der Waals surface area contributed by atoms with Gasteiger partial charge in [0.05, 0.1) is 28.4 Å². The molecule has 0 spiro atoms. The van der Waals surface area contributed by atoms with Gasteiger partial charge in [0.15, 0.2) is 0 Å². The van der Waals surface area contributed by atoms with Gasteiger partial charge in [-0.05, 0) is 76.6 Å². The number of rotatable bonds is 3. The zero-order valence-electron chi connectivity index (χ0n) is 17.7. The molecule has 1 aromatic heterocycles. The zero-order valence-corrected chi connectivity index (χ0v) is 17.7. The van der Waals surface area contributed by atoms with E-state index in [1.54, 1.807) is 19.1 Å². The first-order valence-electron chi connectivity index (χ1n) is 9.77. The van der Waals surface area contributed by atoms with E-state index in [0.29, 0.717) is 17.0 Å². The average molecular weight is 402 g/mol. The molecule has 1 amide bonds. The number of anilines is 1. The van der Waals surface area contributed by atoms with Gasteiger partial charge in [0, 0.05) is 11.3 Å². The normalized spacial score (nSPS) is 15.3. The van der Waals surface area contributed by atoms with Crippen molar-refractivity contribution < 1.29 is 9.18 Å². The lowest BCUT2D eigenvalue weighted by molar-refractivity contribution is -0.114. The fraction of sp³-hybridized carbons (Fsp3) is 0.208. The molecule has 1 aliphatic rings. The number of nitrogens with zero attached hydrogens (tertiary/aromatic N) is 4. The van der Waals surface area contributed by atoms with Crippen molar-refractivity contribution >= 4 is 23.4 Å². The minimum absolute atomic E-state index is 0.239. The van der Waals surface area contributed by atoms with Crippen LogP contribution in [0.5, 0.6) is 0 Å². The standard InChI is InChI=1S/C24H23FN4O/c1-14-6-11-23(15(2)12-14)28-18(5)21(16(3)26-28)13-22-17(4)27-29(24(22)30)20-9-7-19(25)8-10-20/h6-13H,1-5H3/b22-13-. The van der Waals surface area contributed by atoms with Gasteiger partial charge in [-0.15, -0.1) is 0 Å². The van der Waals surface area contributed by atoms with Crippen LogP contribution in [-0.4, -0.2) is 21.4 Å². The van der Waals surface area contributed by atoms with Gasteiger partial charge < -0.3 is 0 Å². The van der Waals surface area contributed by atoms with Gasteiger partial charge in [-0.3, -0.25) is 4.79 Å². The third-order valence-corrected chi connectivity index (χ3v) is 5.35. The summed E-state index contributed by atoms with van der Waals surface area (Å²) >= 11 is 0. The lowest BCUT2D eigenvalue weighted by Crippen LogP contribution is -2.21. The molecule has 0 fully saturated rings. The fourth-order valence-electron chi connectivity index (χ4n) is 3.73. The molecule has 4 rings (SSSR count). The van der Waals surface area contributed by atoms with Crippen LogP contribution in [0.15, 0.2) is 53.1 Å². The fourth-order valence-corrected chi connectivity index (χ4v) is 3.73. The second-order valence-electron chi connectivity index (χ2n) is 7.62.